The maximum Gasteiger partial charge on any atom is 0.416 e. The molecular formula is C13H14F3N3O3S. The van der Waals surface area contributed by atoms with E-state index in [-0.39, 0.29) is 12.1 Å². The van der Waals surface area contributed by atoms with E-state index >= 15 is 0 Å². The first kappa shape index (κ1) is 17.3. The SMILES string of the molecule is CCCn1c(S(=O)(=O)Cc2cccc(C(F)(F)F)c2)n[nH]c1=O. The first-order valence-corrected chi connectivity index (χ1v) is 8.34. The van der Waals surface area contributed by atoms with Crippen molar-refractivity contribution in [2.24, 2.45) is 0 Å². The molecule has 0 atom stereocenters. The Morgan fingerprint density at radius 2 is 2.00 bits per heavy atom. The first-order chi connectivity index (χ1) is 10.6. The lowest BCUT2D eigenvalue weighted by Gasteiger charge is -2.09. The van der Waals surface area contributed by atoms with E-state index in [1.54, 1.807) is 6.92 Å². The molecule has 0 fully saturated rings. The molecule has 2 rings (SSSR count). The van der Waals surface area contributed by atoms with Crippen LogP contribution in [0.2, 0.25) is 0 Å². The summed E-state index contributed by atoms with van der Waals surface area (Å²) in [4.78, 5) is 11.5. The molecule has 0 unspecified atom stereocenters. The Bertz CT molecular complexity index is 853. The molecule has 2 aromatic rings. The van der Waals surface area contributed by atoms with Gasteiger partial charge in [0.15, 0.2) is 0 Å². The summed E-state index contributed by atoms with van der Waals surface area (Å²) < 4.78 is 63.7. The molecule has 0 aliphatic carbocycles. The van der Waals surface area contributed by atoms with Crippen LogP contribution in [0.4, 0.5) is 13.2 Å². The number of rotatable bonds is 5. The molecule has 0 amide bonds. The number of aromatic amines is 1. The second-order valence-corrected chi connectivity index (χ2v) is 6.80. The zero-order chi connectivity index (χ0) is 17.3. The Labute approximate surface area is 129 Å². The molecule has 0 radical (unpaired) electrons. The predicted molar refractivity (Wildman–Crippen MR) is 75.5 cm³/mol. The highest BCUT2D eigenvalue weighted by Gasteiger charge is 2.31. The summed E-state index contributed by atoms with van der Waals surface area (Å²) in [7, 11) is -4.05. The highest BCUT2D eigenvalue weighted by Crippen LogP contribution is 2.30. The van der Waals surface area contributed by atoms with Gasteiger partial charge >= 0.3 is 11.9 Å². The first-order valence-electron chi connectivity index (χ1n) is 6.69. The van der Waals surface area contributed by atoms with Gasteiger partial charge in [-0.1, -0.05) is 25.1 Å². The standard InChI is InChI=1S/C13H14F3N3O3S/c1-2-6-19-11(20)17-18-12(19)23(21,22)8-9-4-3-5-10(7-9)13(14,15)16/h3-5,7H,2,6,8H2,1H3,(H,17,20). The highest BCUT2D eigenvalue weighted by atomic mass is 32.2. The van der Waals surface area contributed by atoms with Gasteiger partial charge in [-0.15, -0.1) is 5.10 Å². The van der Waals surface area contributed by atoms with Crippen LogP contribution < -0.4 is 5.69 Å². The maximum absolute atomic E-state index is 12.7. The molecule has 0 saturated carbocycles. The van der Waals surface area contributed by atoms with Gasteiger partial charge in [-0.2, -0.15) is 13.2 Å². The number of nitrogens with zero attached hydrogens (tertiary/aromatic N) is 2. The van der Waals surface area contributed by atoms with Gasteiger partial charge in [0.1, 0.15) is 0 Å². The Kier molecular flexibility index (Phi) is 4.64. The molecule has 6 nitrogen and oxygen atoms in total. The van der Waals surface area contributed by atoms with Gasteiger partial charge in [0.25, 0.3) is 5.16 Å². The number of sulfone groups is 1. The number of halogens is 3. The predicted octanol–water partition coefficient (Wildman–Crippen LogP) is 1.97. The quantitative estimate of drug-likeness (QED) is 0.894. The van der Waals surface area contributed by atoms with Gasteiger partial charge in [-0.3, -0.25) is 4.57 Å². The van der Waals surface area contributed by atoms with Crippen LogP contribution in [0.3, 0.4) is 0 Å². The third kappa shape index (κ3) is 3.81. The molecule has 1 aromatic carbocycles. The molecule has 0 aliphatic heterocycles. The molecule has 126 valence electrons. The van der Waals surface area contributed by atoms with Gasteiger partial charge in [0.05, 0.1) is 11.3 Å². The number of alkyl halides is 3. The number of aromatic nitrogens is 3. The van der Waals surface area contributed by atoms with E-state index in [0.717, 1.165) is 22.8 Å². The van der Waals surface area contributed by atoms with Crippen LogP contribution in [0.5, 0.6) is 0 Å². The van der Waals surface area contributed by atoms with Crippen LogP contribution in [0, 0.1) is 0 Å². The largest absolute Gasteiger partial charge is 0.416 e. The summed E-state index contributed by atoms with van der Waals surface area (Å²) >= 11 is 0. The lowest BCUT2D eigenvalue weighted by Crippen LogP contribution is -2.21. The summed E-state index contributed by atoms with van der Waals surface area (Å²) in [6.45, 7) is 1.90. The Hall–Kier alpha value is -2.10. The number of benzene rings is 1. The van der Waals surface area contributed by atoms with Crippen molar-refractivity contribution in [2.75, 3.05) is 0 Å². The van der Waals surface area contributed by atoms with Crippen LogP contribution in [0.15, 0.2) is 34.2 Å². The number of hydrogen-bond acceptors (Lipinski definition) is 4. The molecule has 0 saturated heterocycles. The third-order valence-electron chi connectivity index (χ3n) is 3.06. The van der Waals surface area contributed by atoms with Gasteiger partial charge in [0.2, 0.25) is 9.84 Å². The van der Waals surface area contributed by atoms with E-state index in [4.69, 9.17) is 0 Å². The van der Waals surface area contributed by atoms with Crippen molar-refractivity contribution in [3.05, 3.63) is 45.9 Å². The van der Waals surface area contributed by atoms with Gasteiger partial charge < -0.3 is 0 Å². The summed E-state index contributed by atoms with van der Waals surface area (Å²) in [5.74, 6) is -0.676. The smallest absolute Gasteiger partial charge is 0.266 e. The normalized spacial score (nSPS) is 12.5. The number of H-pyrrole nitrogens is 1. The van der Waals surface area contributed by atoms with Gasteiger partial charge in [0, 0.05) is 6.54 Å². The minimum atomic E-state index is -4.56. The fourth-order valence-corrected chi connectivity index (χ4v) is 3.53. The lowest BCUT2D eigenvalue weighted by atomic mass is 10.1. The summed E-state index contributed by atoms with van der Waals surface area (Å²) in [5, 5.41) is 5.07. The van der Waals surface area contributed by atoms with Crippen LogP contribution in [-0.2, 0) is 28.3 Å². The van der Waals surface area contributed by atoms with Crippen molar-refractivity contribution in [3.63, 3.8) is 0 Å². The summed E-state index contributed by atoms with van der Waals surface area (Å²) in [6.07, 6.45) is -4.05. The maximum atomic E-state index is 12.7. The third-order valence-corrected chi connectivity index (χ3v) is 4.64. The van der Waals surface area contributed by atoms with Crippen molar-refractivity contribution in [1.82, 2.24) is 14.8 Å². The van der Waals surface area contributed by atoms with E-state index in [1.165, 1.54) is 6.07 Å². The van der Waals surface area contributed by atoms with Crippen molar-refractivity contribution in [1.29, 1.82) is 0 Å². The fraction of sp³-hybridized carbons (Fsp3) is 0.385. The molecule has 1 N–H and O–H groups in total. The molecule has 0 spiro atoms. The van der Waals surface area contributed by atoms with E-state index in [2.05, 4.69) is 5.10 Å². The monoisotopic (exact) mass is 349 g/mol. The Balaban J connectivity index is 2.38. The molecule has 23 heavy (non-hydrogen) atoms. The zero-order valence-corrected chi connectivity index (χ0v) is 12.9. The highest BCUT2D eigenvalue weighted by molar-refractivity contribution is 7.90. The van der Waals surface area contributed by atoms with E-state index in [1.807, 2.05) is 5.10 Å². The zero-order valence-electron chi connectivity index (χ0n) is 12.1. The van der Waals surface area contributed by atoms with Crippen molar-refractivity contribution >= 4 is 9.84 Å². The van der Waals surface area contributed by atoms with Gasteiger partial charge in [-0.25, -0.2) is 18.3 Å². The molecule has 0 aliphatic rings. The minimum Gasteiger partial charge on any atom is -0.266 e. The van der Waals surface area contributed by atoms with E-state index in [9.17, 15) is 26.4 Å². The molecular weight excluding hydrogens is 335 g/mol. The van der Waals surface area contributed by atoms with Crippen molar-refractivity contribution in [2.45, 2.75) is 37.0 Å². The fourth-order valence-electron chi connectivity index (χ4n) is 2.08. The topological polar surface area (TPSA) is 84.8 Å². The summed E-state index contributed by atoms with van der Waals surface area (Å²) in [5.41, 5.74) is -1.63. The lowest BCUT2D eigenvalue weighted by molar-refractivity contribution is -0.137. The van der Waals surface area contributed by atoms with Crippen molar-refractivity contribution < 1.29 is 21.6 Å². The number of hydrogen-bond donors (Lipinski definition) is 1. The van der Waals surface area contributed by atoms with E-state index in [0.29, 0.717) is 6.42 Å². The average Bonchev–Trinajstić information content (AvgIpc) is 2.80. The molecule has 10 heteroatoms. The molecule has 1 heterocycles. The van der Waals surface area contributed by atoms with Crippen LogP contribution in [0.25, 0.3) is 0 Å². The van der Waals surface area contributed by atoms with Crippen LogP contribution in [-0.4, -0.2) is 23.2 Å². The number of nitrogens with one attached hydrogen (secondary N) is 1. The Morgan fingerprint density at radius 3 is 2.61 bits per heavy atom. The van der Waals surface area contributed by atoms with Gasteiger partial charge in [-0.05, 0) is 18.1 Å². The molecule has 1 aromatic heterocycles. The molecule has 0 bridgehead atoms. The van der Waals surface area contributed by atoms with Crippen molar-refractivity contribution in [3.8, 4) is 0 Å². The second-order valence-electron chi connectivity index (χ2n) is 4.92. The second kappa shape index (κ2) is 6.19. The van der Waals surface area contributed by atoms with Crippen LogP contribution >= 0.6 is 0 Å². The summed E-state index contributed by atoms with van der Waals surface area (Å²) in [6, 6.07) is 4.04. The minimum absolute atomic E-state index is 0.0293. The Morgan fingerprint density at radius 1 is 1.30 bits per heavy atom. The van der Waals surface area contributed by atoms with E-state index < -0.39 is 38.2 Å². The average molecular weight is 349 g/mol. The van der Waals surface area contributed by atoms with Crippen LogP contribution in [0.1, 0.15) is 24.5 Å².